The van der Waals surface area contributed by atoms with Crippen molar-refractivity contribution in [2.75, 3.05) is 25.3 Å². The van der Waals surface area contributed by atoms with E-state index in [2.05, 4.69) is 9.88 Å². The molecule has 3 rings (SSSR count). The number of methoxy groups -OCH3 is 1. The Morgan fingerprint density at radius 3 is 2.54 bits per heavy atom. The van der Waals surface area contributed by atoms with Crippen LogP contribution in [0.2, 0.25) is 0 Å². The summed E-state index contributed by atoms with van der Waals surface area (Å²) in [5.74, 6) is 0.845. The molecule has 2 aromatic carbocycles. The summed E-state index contributed by atoms with van der Waals surface area (Å²) in [4.78, 5) is 19.6. The van der Waals surface area contributed by atoms with E-state index in [1.165, 1.54) is 17.3 Å². The van der Waals surface area contributed by atoms with Crippen molar-refractivity contribution in [1.82, 2.24) is 9.55 Å². The zero-order chi connectivity index (χ0) is 18.7. The second-order valence-corrected chi connectivity index (χ2v) is 6.83. The van der Waals surface area contributed by atoms with Crippen molar-refractivity contribution in [2.24, 2.45) is 0 Å². The number of hydrogen-bond acceptors (Lipinski definition) is 5. The molecule has 5 nitrogen and oxygen atoms in total. The number of nitrogens with zero attached hydrogens (tertiary/aromatic N) is 3. The van der Waals surface area contributed by atoms with Crippen molar-refractivity contribution < 1.29 is 4.74 Å². The van der Waals surface area contributed by atoms with E-state index in [4.69, 9.17) is 4.74 Å². The first kappa shape index (κ1) is 18.3. The first-order valence-corrected chi connectivity index (χ1v) is 9.72. The molecule has 0 saturated heterocycles. The molecule has 1 aromatic heterocycles. The van der Waals surface area contributed by atoms with Crippen LogP contribution in [0.15, 0.2) is 52.4 Å². The van der Waals surface area contributed by atoms with Gasteiger partial charge in [0.25, 0.3) is 5.56 Å². The van der Waals surface area contributed by atoms with Crippen LogP contribution in [0, 0.1) is 0 Å². The number of benzene rings is 2. The molecule has 6 heteroatoms. The molecule has 0 fully saturated rings. The first-order chi connectivity index (χ1) is 12.6. The lowest BCUT2D eigenvalue weighted by Crippen LogP contribution is -2.23. The highest BCUT2D eigenvalue weighted by molar-refractivity contribution is 7.98. The van der Waals surface area contributed by atoms with Gasteiger partial charge in [-0.05, 0) is 49.1 Å². The topological polar surface area (TPSA) is 47.4 Å². The largest absolute Gasteiger partial charge is 0.497 e. The molecule has 26 heavy (non-hydrogen) atoms. The van der Waals surface area contributed by atoms with Crippen molar-refractivity contribution >= 4 is 28.4 Å². The number of anilines is 1. The fourth-order valence-corrected chi connectivity index (χ4v) is 3.58. The van der Waals surface area contributed by atoms with Crippen molar-refractivity contribution in [3.05, 3.63) is 58.4 Å². The maximum absolute atomic E-state index is 12.8. The standard InChI is InChI=1S/C20H23N3O2S/c1-5-23-19(24)17-12-15(8-11-18(17)21-20(23)26-4)22(2)13-14-6-9-16(25-3)10-7-14/h6-12H,5,13H2,1-4H3. The summed E-state index contributed by atoms with van der Waals surface area (Å²) in [5.41, 5.74) is 2.93. The van der Waals surface area contributed by atoms with E-state index in [0.717, 1.165) is 28.7 Å². The zero-order valence-electron chi connectivity index (χ0n) is 15.5. The lowest BCUT2D eigenvalue weighted by Gasteiger charge is -2.20. The minimum atomic E-state index is 0.0153. The van der Waals surface area contributed by atoms with Gasteiger partial charge in [-0.2, -0.15) is 0 Å². The third-order valence-corrected chi connectivity index (χ3v) is 5.10. The molecule has 3 aromatic rings. The summed E-state index contributed by atoms with van der Waals surface area (Å²) in [6.45, 7) is 3.33. The van der Waals surface area contributed by atoms with Crippen LogP contribution < -0.4 is 15.2 Å². The Kier molecular flexibility index (Phi) is 5.52. The number of fused-ring (bicyclic) bond motifs is 1. The second-order valence-electron chi connectivity index (χ2n) is 6.05. The molecule has 0 atom stereocenters. The van der Waals surface area contributed by atoms with E-state index in [1.807, 2.05) is 62.7 Å². The Balaban J connectivity index is 1.94. The summed E-state index contributed by atoms with van der Waals surface area (Å²) in [6, 6.07) is 13.9. The molecule has 0 amide bonds. The first-order valence-electron chi connectivity index (χ1n) is 8.50. The van der Waals surface area contributed by atoms with Gasteiger partial charge in [-0.15, -0.1) is 0 Å². The number of hydrogen-bond donors (Lipinski definition) is 0. The van der Waals surface area contributed by atoms with E-state index in [9.17, 15) is 4.79 Å². The van der Waals surface area contributed by atoms with Crippen molar-refractivity contribution in [2.45, 2.75) is 25.2 Å². The van der Waals surface area contributed by atoms with Gasteiger partial charge >= 0.3 is 0 Å². The lowest BCUT2D eigenvalue weighted by atomic mass is 10.1. The van der Waals surface area contributed by atoms with Gasteiger partial charge in [0.1, 0.15) is 5.75 Å². The minimum Gasteiger partial charge on any atom is -0.497 e. The highest BCUT2D eigenvalue weighted by Crippen LogP contribution is 2.22. The quantitative estimate of drug-likeness (QED) is 0.489. The summed E-state index contributed by atoms with van der Waals surface area (Å²) >= 11 is 1.50. The lowest BCUT2D eigenvalue weighted by molar-refractivity contribution is 0.414. The minimum absolute atomic E-state index is 0.0153. The highest BCUT2D eigenvalue weighted by atomic mass is 32.2. The van der Waals surface area contributed by atoms with Crippen LogP contribution in [-0.2, 0) is 13.1 Å². The normalized spacial score (nSPS) is 10.9. The molecule has 0 spiro atoms. The average molecular weight is 369 g/mol. The fraction of sp³-hybridized carbons (Fsp3) is 0.300. The summed E-state index contributed by atoms with van der Waals surface area (Å²) < 4.78 is 6.92. The van der Waals surface area contributed by atoms with Gasteiger partial charge in [-0.1, -0.05) is 23.9 Å². The Morgan fingerprint density at radius 2 is 1.92 bits per heavy atom. The van der Waals surface area contributed by atoms with Gasteiger partial charge in [-0.25, -0.2) is 4.98 Å². The van der Waals surface area contributed by atoms with E-state index < -0.39 is 0 Å². The molecule has 1 heterocycles. The third kappa shape index (κ3) is 3.55. The van der Waals surface area contributed by atoms with Crippen LogP contribution in [0.3, 0.4) is 0 Å². The van der Waals surface area contributed by atoms with Gasteiger partial charge < -0.3 is 9.64 Å². The molecule has 0 N–H and O–H groups in total. The van der Waals surface area contributed by atoms with Crippen LogP contribution in [0.1, 0.15) is 12.5 Å². The summed E-state index contributed by atoms with van der Waals surface area (Å²) in [6.07, 6.45) is 1.94. The molecular weight excluding hydrogens is 346 g/mol. The Bertz CT molecular complexity index is 967. The van der Waals surface area contributed by atoms with Gasteiger partial charge in [0.05, 0.1) is 18.0 Å². The average Bonchev–Trinajstić information content (AvgIpc) is 2.68. The number of rotatable bonds is 6. The zero-order valence-corrected chi connectivity index (χ0v) is 16.3. The van der Waals surface area contributed by atoms with E-state index in [1.54, 1.807) is 11.7 Å². The van der Waals surface area contributed by atoms with E-state index >= 15 is 0 Å². The third-order valence-electron chi connectivity index (χ3n) is 4.42. The second kappa shape index (κ2) is 7.83. The fourth-order valence-electron chi connectivity index (χ4n) is 2.96. The van der Waals surface area contributed by atoms with Crippen LogP contribution in [0.4, 0.5) is 5.69 Å². The maximum atomic E-state index is 12.8. The van der Waals surface area contributed by atoms with Crippen LogP contribution in [0.25, 0.3) is 10.9 Å². The molecule has 0 bridgehead atoms. The molecule has 0 aliphatic rings. The molecule has 136 valence electrons. The van der Waals surface area contributed by atoms with Crippen LogP contribution in [-0.4, -0.2) is 30.0 Å². The smallest absolute Gasteiger partial charge is 0.262 e. The molecular formula is C20H23N3O2S. The monoisotopic (exact) mass is 369 g/mol. The van der Waals surface area contributed by atoms with Crippen molar-refractivity contribution in [3.63, 3.8) is 0 Å². The van der Waals surface area contributed by atoms with Gasteiger partial charge in [0, 0.05) is 25.8 Å². The SMILES string of the molecule is CCn1c(SC)nc2ccc(N(C)Cc3ccc(OC)cc3)cc2c1=O. The van der Waals surface area contributed by atoms with Gasteiger partial charge in [0.15, 0.2) is 5.16 Å². The predicted octanol–water partition coefficient (Wildman–Crippen LogP) is 3.78. The van der Waals surface area contributed by atoms with E-state index in [-0.39, 0.29) is 5.56 Å². The Labute approximate surface area is 157 Å². The molecule has 0 saturated carbocycles. The number of aromatic nitrogens is 2. The molecule has 0 aliphatic carbocycles. The highest BCUT2D eigenvalue weighted by Gasteiger charge is 2.11. The predicted molar refractivity (Wildman–Crippen MR) is 109 cm³/mol. The number of ether oxygens (including phenoxy) is 1. The van der Waals surface area contributed by atoms with Crippen LogP contribution in [0.5, 0.6) is 5.75 Å². The van der Waals surface area contributed by atoms with Gasteiger partial charge in [-0.3, -0.25) is 9.36 Å². The van der Waals surface area contributed by atoms with E-state index in [0.29, 0.717) is 11.9 Å². The summed E-state index contributed by atoms with van der Waals surface area (Å²) in [7, 11) is 3.68. The Morgan fingerprint density at radius 1 is 1.19 bits per heavy atom. The Hall–Kier alpha value is -2.47. The summed E-state index contributed by atoms with van der Waals surface area (Å²) in [5, 5.41) is 1.41. The number of thioether (sulfide) groups is 1. The van der Waals surface area contributed by atoms with Crippen LogP contribution >= 0.6 is 11.8 Å². The maximum Gasteiger partial charge on any atom is 0.262 e. The van der Waals surface area contributed by atoms with Crippen molar-refractivity contribution in [3.8, 4) is 5.75 Å². The van der Waals surface area contributed by atoms with Gasteiger partial charge in [0.2, 0.25) is 0 Å². The molecule has 0 radical (unpaired) electrons. The van der Waals surface area contributed by atoms with Crippen molar-refractivity contribution in [1.29, 1.82) is 0 Å². The molecule has 0 unspecified atom stereocenters. The molecule has 0 aliphatic heterocycles.